The highest BCUT2D eigenvalue weighted by molar-refractivity contribution is 9.10. The number of carbonyl (C=O) groups is 3. The lowest BCUT2D eigenvalue weighted by molar-refractivity contribution is -0.163. The zero-order valence-corrected chi connectivity index (χ0v) is 15.6. The SMILES string of the molecule is CC(=O)OC(c1cc2c(o1)CCC2)C1(Br)C(=O)N2C(C(=O)O)=CS[C@@H]21. The van der Waals surface area contributed by atoms with Gasteiger partial charge in [0.05, 0.1) is 0 Å². The number of hydrogen-bond donors (Lipinski definition) is 1. The third-order valence-electron chi connectivity index (χ3n) is 4.62. The van der Waals surface area contributed by atoms with E-state index in [2.05, 4.69) is 15.9 Å². The van der Waals surface area contributed by atoms with Gasteiger partial charge in [0.15, 0.2) is 10.4 Å². The normalized spacial score (nSPS) is 28.1. The Balaban J connectivity index is 1.69. The van der Waals surface area contributed by atoms with Crippen molar-refractivity contribution in [2.75, 3.05) is 0 Å². The number of amides is 1. The number of aliphatic carboxylic acids is 1. The Morgan fingerprint density at radius 1 is 1.52 bits per heavy atom. The van der Waals surface area contributed by atoms with E-state index >= 15 is 0 Å². The molecule has 1 aromatic heterocycles. The molecule has 1 saturated heterocycles. The van der Waals surface area contributed by atoms with Crippen molar-refractivity contribution in [1.82, 2.24) is 4.90 Å². The van der Waals surface area contributed by atoms with Crippen LogP contribution in [0.5, 0.6) is 0 Å². The molecule has 3 heterocycles. The number of aryl methyl sites for hydroxylation is 2. The summed E-state index contributed by atoms with van der Waals surface area (Å²) in [4.78, 5) is 36.9. The van der Waals surface area contributed by atoms with Crippen LogP contribution < -0.4 is 0 Å². The molecule has 132 valence electrons. The van der Waals surface area contributed by atoms with Crippen molar-refractivity contribution in [2.45, 2.75) is 42.0 Å². The van der Waals surface area contributed by atoms with Gasteiger partial charge in [-0.05, 0) is 24.5 Å². The molecule has 25 heavy (non-hydrogen) atoms. The van der Waals surface area contributed by atoms with Crippen molar-refractivity contribution in [2.24, 2.45) is 0 Å². The largest absolute Gasteiger partial charge is 0.477 e. The first kappa shape index (κ1) is 16.7. The molecule has 4 rings (SSSR count). The maximum atomic E-state index is 12.8. The van der Waals surface area contributed by atoms with Crippen LogP contribution in [0.15, 0.2) is 21.6 Å². The summed E-state index contributed by atoms with van der Waals surface area (Å²) in [6, 6.07) is 1.83. The van der Waals surface area contributed by atoms with Gasteiger partial charge in [0.2, 0.25) is 0 Å². The minimum Gasteiger partial charge on any atom is -0.477 e. The smallest absolute Gasteiger partial charge is 0.353 e. The molecule has 1 amide bonds. The topological polar surface area (TPSA) is 97.0 Å². The zero-order chi connectivity index (χ0) is 17.9. The fourth-order valence-electron chi connectivity index (χ4n) is 3.49. The Kier molecular flexibility index (Phi) is 3.77. The van der Waals surface area contributed by atoms with Gasteiger partial charge >= 0.3 is 11.9 Å². The number of fused-ring (bicyclic) bond motifs is 2. The summed E-state index contributed by atoms with van der Waals surface area (Å²) in [5.41, 5.74) is 0.994. The summed E-state index contributed by atoms with van der Waals surface area (Å²) >= 11 is 4.65. The van der Waals surface area contributed by atoms with Gasteiger partial charge in [-0.25, -0.2) is 4.79 Å². The number of thioether (sulfide) groups is 1. The van der Waals surface area contributed by atoms with E-state index in [1.807, 2.05) is 6.07 Å². The number of carboxylic acids is 1. The average Bonchev–Trinajstić information content (AvgIpc) is 3.23. The Hall–Kier alpha value is -1.74. The summed E-state index contributed by atoms with van der Waals surface area (Å²) in [6.45, 7) is 1.27. The molecule has 1 N–H and O–H groups in total. The second-order valence-corrected chi connectivity index (χ2v) is 8.45. The highest BCUT2D eigenvalue weighted by atomic mass is 79.9. The van der Waals surface area contributed by atoms with E-state index in [9.17, 15) is 19.5 Å². The van der Waals surface area contributed by atoms with Gasteiger partial charge in [0.25, 0.3) is 5.91 Å². The third-order valence-corrected chi connectivity index (χ3v) is 7.31. The molecule has 0 aromatic carbocycles. The monoisotopic (exact) mass is 427 g/mol. The molecule has 2 aliphatic heterocycles. The number of carbonyl (C=O) groups excluding carboxylic acids is 2. The van der Waals surface area contributed by atoms with Crippen LogP contribution in [0.3, 0.4) is 0 Å². The predicted octanol–water partition coefficient (Wildman–Crippen LogP) is 2.35. The zero-order valence-electron chi connectivity index (χ0n) is 13.2. The number of rotatable bonds is 4. The van der Waals surface area contributed by atoms with Gasteiger partial charge in [-0.2, -0.15) is 0 Å². The molecule has 0 bridgehead atoms. The molecule has 7 nitrogen and oxygen atoms in total. The van der Waals surface area contributed by atoms with E-state index in [4.69, 9.17) is 9.15 Å². The van der Waals surface area contributed by atoms with Gasteiger partial charge in [-0.3, -0.25) is 14.5 Å². The van der Waals surface area contributed by atoms with Crippen LogP contribution in [-0.4, -0.2) is 37.6 Å². The Morgan fingerprint density at radius 2 is 2.28 bits per heavy atom. The van der Waals surface area contributed by atoms with Gasteiger partial charge in [0.1, 0.15) is 22.6 Å². The van der Waals surface area contributed by atoms with Crippen LogP contribution in [0, 0.1) is 0 Å². The van der Waals surface area contributed by atoms with Crippen LogP contribution in [0.4, 0.5) is 0 Å². The molecule has 9 heteroatoms. The fourth-order valence-corrected chi connectivity index (χ4v) is 5.76. The maximum Gasteiger partial charge on any atom is 0.353 e. The molecule has 1 fully saturated rings. The number of halogens is 1. The van der Waals surface area contributed by atoms with Crippen molar-refractivity contribution in [3.05, 3.63) is 34.3 Å². The molecule has 1 aromatic rings. The highest BCUT2D eigenvalue weighted by Crippen LogP contribution is 2.58. The quantitative estimate of drug-likeness (QED) is 0.447. The van der Waals surface area contributed by atoms with Gasteiger partial charge in [-0.15, -0.1) is 11.8 Å². The first-order valence-electron chi connectivity index (χ1n) is 7.74. The number of β-lactam (4-membered cyclic amide) rings is 1. The van der Waals surface area contributed by atoms with Crippen LogP contribution in [0.2, 0.25) is 0 Å². The third kappa shape index (κ3) is 2.28. The number of nitrogens with zero attached hydrogens (tertiary/aromatic N) is 1. The minimum atomic E-state index is -1.26. The summed E-state index contributed by atoms with van der Waals surface area (Å²) in [6.07, 6.45) is 1.77. The van der Waals surface area contributed by atoms with Crippen molar-refractivity contribution in [3.8, 4) is 0 Å². The molecular weight excluding hydrogens is 414 g/mol. The van der Waals surface area contributed by atoms with Crippen LogP contribution in [0.1, 0.15) is 36.5 Å². The lowest BCUT2D eigenvalue weighted by Gasteiger charge is -2.51. The predicted molar refractivity (Wildman–Crippen MR) is 90.8 cm³/mol. The standard InChI is InChI=1S/C16H14BrNO6S/c1-7(19)23-12(11-5-8-3-2-4-10(8)24-11)16(17)14(22)18-9(13(20)21)6-25-15(16)18/h5-6,12,15H,2-4H2,1H3,(H,20,21)/t12?,15-,16?/m1/s1. The van der Waals surface area contributed by atoms with E-state index < -0.39 is 33.6 Å². The van der Waals surface area contributed by atoms with E-state index in [0.29, 0.717) is 5.76 Å². The van der Waals surface area contributed by atoms with Gasteiger partial charge in [0, 0.05) is 18.8 Å². The number of esters is 1. The van der Waals surface area contributed by atoms with Crippen LogP contribution in [0.25, 0.3) is 0 Å². The number of carboxylic acid groups (broad SMARTS) is 1. The second-order valence-electron chi connectivity index (χ2n) is 6.18. The fraction of sp³-hybridized carbons (Fsp3) is 0.438. The molecule has 2 unspecified atom stereocenters. The highest BCUT2D eigenvalue weighted by Gasteiger charge is 2.69. The minimum absolute atomic E-state index is 0.0708. The molecule has 1 aliphatic carbocycles. The van der Waals surface area contributed by atoms with Crippen molar-refractivity contribution < 1.29 is 28.6 Å². The van der Waals surface area contributed by atoms with E-state index in [1.165, 1.54) is 29.0 Å². The first-order valence-corrected chi connectivity index (χ1v) is 9.47. The summed E-state index contributed by atoms with van der Waals surface area (Å²) in [5.74, 6) is -0.900. The van der Waals surface area contributed by atoms with Gasteiger partial charge < -0.3 is 14.3 Å². The summed E-state index contributed by atoms with van der Waals surface area (Å²) in [5, 5.41) is 10.1. The Bertz CT molecular complexity index is 811. The molecule has 0 spiro atoms. The number of furan rings is 1. The van der Waals surface area contributed by atoms with Crippen molar-refractivity contribution in [3.63, 3.8) is 0 Å². The summed E-state index contributed by atoms with van der Waals surface area (Å²) < 4.78 is 10.0. The lowest BCUT2D eigenvalue weighted by Crippen LogP contribution is -2.70. The van der Waals surface area contributed by atoms with Crippen LogP contribution >= 0.6 is 27.7 Å². The Labute approximate surface area is 155 Å². The molecular formula is C16H14BrNO6S. The lowest BCUT2D eigenvalue weighted by atomic mass is 9.89. The van der Waals surface area contributed by atoms with E-state index in [1.54, 1.807) is 0 Å². The van der Waals surface area contributed by atoms with E-state index in [-0.39, 0.29) is 5.70 Å². The average molecular weight is 428 g/mol. The van der Waals surface area contributed by atoms with Crippen molar-refractivity contribution in [1.29, 1.82) is 0 Å². The van der Waals surface area contributed by atoms with E-state index in [0.717, 1.165) is 30.6 Å². The second kappa shape index (κ2) is 5.63. The maximum absolute atomic E-state index is 12.8. The number of hydrogen-bond acceptors (Lipinski definition) is 6. The molecule has 3 aliphatic rings. The van der Waals surface area contributed by atoms with Crippen LogP contribution in [-0.2, 0) is 32.0 Å². The number of ether oxygens (including phenoxy) is 1. The number of alkyl halides is 1. The van der Waals surface area contributed by atoms with Gasteiger partial charge in [-0.1, -0.05) is 15.9 Å². The Morgan fingerprint density at radius 3 is 2.92 bits per heavy atom. The summed E-state index contributed by atoms with van der Waals surface area (Å²) in [7, 11) is 0. The molecule has 0 radical (unpaired) electrons. The first-order chi connectivity index (χ1) is 11.8. The molecule has 3 atom stereocenters. The molecule has 0 saturated carbocycles. The van der Waals surface area contributed by atoms with Crippen molar-refractivity contribution >= 4 is 45.5 Å².